The van der Waals surface area contributed by atoms with Crippen molar-refractivity contribution in [3.05, 3.63) is 41.5 Å². The van der Waals surface area contributed by atoms with Gasteiger partial charge in [0, 0.05) is 0 Å². The van der Waals surface area contributed by atoms with Gasteiger partial charge >= 0.3 is 5.97 Å². The van der Waals surface area contributed by atoms with Crippen molar-refractivity contribution in [2.45, 2.75) is 18.8 Å². The maximum absolute atomic E-state index is 11.2. The van der Waals surface area contributed by atoms with Crippen LogP contribution in [0.2, 0.25) is 0 Å². The SMILES string of the molecule is C[C@]1(C(=O)O)CC=Cc2ccccc21. The fraction of sp³-hybridized carbons (Fsp3) is 0.250. The third-order valence-corrected chi connectivity index (χ3v) is 2.85. The van der Waals surface area contributed by atoms with Crippen LogP contribution in [0, 0.1) is 0 Å². The Balaban J connectivity index is 2.61. The molecule has 0 fully saturated rings. The van der Waals surface area contributed by atoms with E-state index in [1.807, 2.05) is 36.4 Å². The average Bonchev–Trinajstić information content (AvgIpc) is 2.18. The van der Waals surface area contributed by atoms with Crippen LogP contribution < -0.4 is 0 Å². The molecule has 0 spiro atoms. The van der Waals surface area contributed by atoms with Crippen LogP contribution in [0.15, 0.2) is 30.3 Å². The molecule has 0 radical (unpaired) electrons. The van der Waals surface area contributed by atoms with Gasteiger partial charge in [0.25, 0.3) is 0 Å². The van der Waals surface area contributed by atoms with Crippen LogP contribution in [0.4, 0.5) is 0 Å². The Morgan fingerprint density at radius 2 is 2.14 bits per heavy atom. The number of carboxylic acids is 1. The molecule has 0 aromatic heterocycles. The molecule has 2 rings (SSSR count). The summed E-state index contributed by atoms with van der Waals surface area (Å²) in [6.07, 6.45) is 4.48. The van der Waals surface area contributed by atoms with Crippen molar-refractivity contribution in [2.24, 2.45) is 0 Å². The minimum absolute atomic E-state index is 0.569. The van der Waals surface area contributed by atoms with Gasteiger partial charge in [-0.15, -0.1) is 0 Å². The van der Waals surface area contributed by atoms with Gasteiger partial charge in [-0.1, -0.05) is 36.4 Å². The number of allylic oxidation sites excluding steroid dienone is 1. The van der Waals surface area contributed by atoms with Gasteiger partial charge in [-0.3, -0.25) is 4.79 Å². The number of benzene rings is 1. The van der Waals surface area contributed by atoms with Crippen molar-refractivity contribution < 1.29 is 9.90 Å². The van der Waals surface area contributed by atoms with E-state index in [2.05, 4.69) is 0 Å². The number of rotatable bonds is 1. The molecule has 0 saturated carbocycles. The van der Waals surface area contributed by atoms with Crippen LogP contribution in [-0.4, -0.2) is 11.1 Å². The average molecular weight is 188 g/mol. The maximum atomic E-state index is 11.2. The number of aliphatic carboxylic acids is 1. The molecule has 1 atom stereocenters. The van der Waals surface area contributed by atoms with Crippen molar-refractivity contribution in [2.75, 3.05) is 0 Å². The lowest BCUT2D eigenvalue weighted by atomic mass is 9.74. The molecule has 1 N–H and O–H groups in total. The molecule has 72 valence electrons. The van der Waals surface area contributed by atoms with Gasteiger partial charge in [0.1, 0.15) is 0 Å². The van der Waals surface area contributed by atoms with Crippen molar-refractivity contribution in [1.82, 2.24) is 0 Å². The molecular formula is C12H12O2. The van der Waals surface area contributed by atoms with E-state index in [0.29, 0.717) is 6.42 Å². The fourth-order valence-electron chi connectivity index (χ4n) is 1.88. The molecule has 0 aliphatic heterocycles. The highest BCUT2D eigenvalue weighted by molar-refractivity contribution is 5.84. The minimum Gasteiger partial charge on any atom is -0.481 e. The van der Waals surface area contributed by atoms with E-state index >= 15 is 0 Å². The summed E-state index contributed by atoms with van der Waals surface area (Å²) in [5, 5.41) is 9.21. The van der Waals surface area contributed by atoms with Crippen molar-refractivity contribution in [3.63, 3.8) is 0 Å². The fourth-order valence-corrected chi connectivity index (χ4v) is 1.88. The Kier molecular flexibility index (Phi) is 1.92. The number of hydrogen-bond acceptors (Lipinski definition) is 1. The van der Waals surface area contributed by atoms with Crippen molar-refractivity contribution in [3.8, 4) is 0 Å². The monoisotopic (exact) mass is 188 g/mol. The van der Waals surface area contributed by atoms with E-state index in [1.165, 1.54) is 0 Å². The van der Waals surface area contributed by atoms with Gasteiger partial charge in [-0.05, 0) is 24.5 Å². The summed E-state index contributed by atoms with van der Waals surface area (Å²) >= 11 is 0. The number of fused-ring (bicyclic) bond motifs is 1. The maximum Gasteiger partial charge on any atom is 0.314 e. The first-order chi connectivity index (χ1) is 6.64. The normalized spacial score (nSPS) is 24.4. The predicted octanol–water partition coefficient (Wildman–Crippen LogP) is 2.45. The van der Waals surface area contributed by atoms with E-state index < -0.39 is 11.4 Å². The highest BCUT2D eigenvalue weighted by atomic mass is 16.4. The van der Waals surface area contributed by atoms with Gasteiger partial charge < -0.3 is 5.11 Å². The van der Waals surface area contributed by atoms with Crippen LogP contribution in [0.25, 0.3) is 6.08 Å². The lowest BCUT2D eigenvalue weighted by molar-refractivity contribution is -0.143. The molecule has 2 nitrogen and oxygen atoms in total. The van der Waals surface area contributed by atoms with E-state index in [9.17, 15) is 9.90 Å². The second kappa shape index (κ2) is 2.98. The molecule has 0 unspecified atom stereocenters. The number of carboxylic acid groups (broad SMARTS) is 1. The Morgan fingerprint density at radius 1 is 1.43 bits per heavy atom. The first-order valence-electron chi connectivity index (χ1n) is 4.64. The zero-order valence-electron chi connectivity index (χ0n) is 8.03. The second-order valence-corrected chi connectivity index (χ2v) is 3.83. The summed E-state index contributed by atoms with van der Waals surface area (Å²) in [4.78, 5) is 11.2. The zero-order valence-corrected chi connectivity index (χ0v) is 8.03. The van der Waals surface area contributed by atoms with Gasteiger partial charge in [-0.25, -0.2) is 0 Å². The van der Waals surface area contributed by atoms with E-state index in [4.69, 9.17) is 0 Å². The quantitative estimate of drug-likeness (QED) is 0.735. The molecule has 1 aliphatic rings. The molecule has 2 heteroatoms. The zero-order chi connectivity index (χ0) is 10.2. The molecule has 1 aromatic rings. The summed E-state index contributed by atoms with van der Waals surface area (Å²) in [7, 11) is 0. The summed E-state index contributed by atoms with van der Waals surface area (Å²) in [5.74, 6) is -0.755. The molecule has 1 aromatic carbocycles. The molecule has 0 saturated heterocycles. The van der Waals surface area contributed by atoms with Crippen molar-refractivity contribution >= 4 is 12.0 Å². The smallest absolute Gasteiger partial charge is 0.314 e. The van der Waals surface area contributed by atoms with E-state index in [-0.39, 0.29) is 0 Å². The highest BCUT2D eigenvalue weighted by Gasteiger charge is 2.36. The standard InChI is InChI=1S/C12H12O2/c1-12(11(13)14)8-4-6-9-5-2-3-7-10(9)12/h2-7H,8H2,1H3,(H,13,14)/t12-/m0/s1. The van der Waals surface area contributed by atoms with Gasteiger partial charge in [-0.2, -0.15) is 0 Å². The first kappa shape index (κ1) is 9.00. The second-order valence-electron chi connectivity index (χ2n) is 3.83. The van der Waals surface area contributed by atoms with Crippen LogP contribution in [0.3, 0.4) is 0 Å². The molecule has 0 amide bonds. The third-order valence-electron chi connectivity index (χ3n) is 2.85. The Morgan fingerprint density at radius 3 is 2.86 bits per heavy atom. The Hall–Kier alpha value is -1.57. The molecule has 0 heterocycles. The van der Waals surface area contributed by atoms with Crippen LogP contribution in [0.5, 0.6) is 0 Å². The first-order valence-corrected chi connectivity index (χ1v) is 4.64. The van der Waals surface area contributed by atoms with Crippen LogP contribution in [-0.2, 0) is 10.2 Å². The highest BCUT2D eigenvalue weighted by Crippen LogP contribution is 2.35. The lowest BCUT2D eigenvalue weighted by Crippen LogP contribution is -2.33. The van der Waals surface area contributed by atoms with E-state index in [0.717, 1.165) is 11.1 Å². The van der Waals surface area contributed by atoms with Gasteiger partial charge in [0.2, 0.25) is 0 Å². The van der Waals surface area contributed by atoms with Gasteiger partial charge in [0.05, 0.1) is 5.41 Å². The van der Waals surface area contributed by atoms with Crippen LogP contribution >= 0.6 is 0 Å². The predicted molar refractivity (Wildman–Crippen MR) is 55.1 cm³/mol. The lowest BCUT2D eigenvalue weighted by Gasteiger charge is -2.28. The molecule has 1 aliphatic carbocycles. The summed E-state index contributed by atoms with van der Waals surface area (Å²) in [6, 6.07) is 7.66. The number of carbonyl (C=O) groups is 1. The molecule has 0 bridgehead atoms. The topological polar surface area (TPSA) is 37.3 Å². The summed E-state index contributed by atoms with van der Waals surface area (Å²) < 4.78 is 0. The van der Waals surface area contributed by atoms with Crippen LogP contribution in [0.1, 0.15) is 24.5 Å². The Labute approximate surface area is 82.9 Å². The minimum atomic E-state index is -0.759. The molecule has 14 heavy (non-hydrogen) atoms. The van der Waals surface area contributed by atoms with Gasteiger partial charge in [0.15, 0.2) is 0 Å². The molecular weight excluding hydrogens is 176 g/mol. The third kappa shape index (κ3) is 1.15. The largest absolute Gasteiger partial charge is 0.481 e. The summed E-state index contributed by atoms with van der Waals surface area (Å²) in [5.41, 5.74) is 1.17. The summed E-state index contributed by atoms with van der Waals surface area (Å²) in [6.45, 7) is 1.78. The number of hydrogen-bond donors (Lipinski definition) is 1. The van der Waals surface area contributed by atoms with Crippen molar-refractivity contribution in [1.29, 1.82) is 0 Å². The Bertz CT molecular complexity index is 407. The van der Waals surface area contributed by atoms with E-state index in [1.54, 1.807) is 6.92 Å².